The molecule has 0 aromatic heterocycles. The van der Waals surface area contributed by atoms with Crippen LogP contribution in [-0.2, 0) is 4.79 Å². The van der Waals surface area contributed by atoms with Crippen LogP contribution in [0.2, 0.25) is 5.02 Å². The third kappa shape index (κ3) is 2.92. The minimum Gasteiger partial charge on any atom is -0.267 e. The van der Waals surface area contributed by atoms with E-state index in [2.05, 4.69) is 5.10 Å². The van der Waals surface area contributed by atoms with Gasteiger partial charge in [0.25, 0.3) is 5.91 Å². The van der Waals surface area contributed by atoms with Crippen molar-refractivity contribution >= 4 is 35.0 Å². The van der Waals surface area contributed by atoms with Gasteiger partial charge in [-0.3, -0.25) is 4.79 Å². The van der Waals surface area contributed by atoms with Gasteiger partial charge in [0.2, 0.25) is 0 Å². The maximum Gasteiger partial charge on any atom is 0.280 e. The van der Waals surface area contributed by atoms with Crippen molar-refractivity contribution in [1.29, 1.82) is 0 Å². The van der Waals surface area contributed by atoms with Crippen LogP contribution >= 0.6 is 11.6 Å². The number of carbonyl (C=O) groups is 1. The molecule has 0 saturated carbocycles. The van der Waals surface area contributed by atoms with E-state index < -0.39 is 0 Å². The second-order valence-electron chi connectivity index (χ2n) is 5.65. The summed E-state index contributed by atoms with van der Waals surface area (Å²) in [5.74, 6) is -0.134. The van der Waals surface area contributed by atoms with Gasteiger partial charge >= 0.3 is 0 Å². The summed E-state index contributed by atoms with van der Waals surface area (Å²) in [6, 6.07) is 13.3. The molecule has 1 aliphatic rings. The first-order valence-electron chi connectivity index (χ1n) is 7.41. The minimum absolute atomic E-state index is 0.134. The lowest BCUT2D eigenvalue weighted by Gasteiger charge is -2.13. The van der Waals surface area contributed by atoms with Crippen molar-refractivity contribution in [3.05, 3.63) is 69.8 Å². The van der Waals surface area contributed by atoms with E-state index in [9.17, 15) is 4.79 Å². The first-order chi connectivity index (χ1) is 11.0. The third-order valence-electron chi connectivity index (χ3n) is 4.00. The Morgan fingerprint density at radius 3 is 2.48 bits per heavy atom. The number of halogens is 1. The number of amides is 1. The molecule has 116 valence electrons. The highest BCUT2D eigenvalue weighted by Gasteiger charge is 2.28. The topological polar surface area (TPSA) is 32.7 Å². The van der Waals surface area contributed by atoms with Gasteiger partial charge in [-0.05, 0) is 61.7 Å². The highest BCUT2D eigenvalue weighted by atomic mass is 35.5. The number of hydrazone groups is 1. The van der Waals surface area contributed by atoms with Crippen LogP contribution in [0.4, 0.5) is 5.69 Å². The summed E-state index contributed by atoms with van der Waals surface area (Å²) >= 11 is 6.18. The highest BCUT2D eigenvalue weighted by Crippen LogP contribution is 2.27. The van der Waals surface area contributed by atoms with Gasteiger partial charge in [0.15, 0.2) is 0 Å². The molecule has 0 aliphatic carbocycles. The molecule has 0 spiro atoms. The van der Waals surface area contributed by atoms with Crippen molar-refractivity contribution < 1.29 is 4.79 Å². The summed E-state index contributed by atoms with van der Waals surface area (Å²) in [6.07, 6.45) is 1.80. The van der Waals surface area contributed by atoms with Gasteiger partial charge in [0.1, 0.15) is 0 Å². The molecule has 4 heteroatoms. The lowest BCUT2D eigenvalue weighted by molar-refractivity contribution is -0.114. The lowest BCUT2D eigenvalue weighted by atomic mass is 10.1. The second-order valence-corrected chi connectivity index (χ2v) is 6.06. The summed E-state index contributed by atoms with van der Waals surface area (Å²) < 4.78 is 0. The predicted octanol–water partition coefficient (Wildman–Crippen LogP) is 4.76. The Balaban J connectivity index is 1.98. The molecule has 3 rings (SSSR count). The first-order valence-corrected chi connectivity index (χ1v) is 7.78. The molecule has 0 radical (unpaired) electrons. The molecular weight excluding hydrogens is 308 g/mol. The number of anilines is 1. The fourth-order valence-electron chi connectivity index (χ4n) is 2.46. The van der Waals surface area contributed by atoms with Crippen LogP contribution in [0.15, 0.2) is 53.1 Å². The van der Waals surface area contributed by atoms with E-state index in [1.807, 2.05) is 57.2 Å². The number of rotatable bonds is 2. The Labute approximate surface area is 140 Å². The van der Waals surface area contributed by atoms with Crippen molar-refractivity contribution in [2.45, 2.75) is 20.8 Å². The van der Waals surface area contributed by atoms with Gasteiger partial charge < -0.3 is 0 Å². The molecule has 0 saturated heterocycles. The van der Waals surface area contributed by atoms with Crippen molar-refractivity contribution in [2.75, 3.05) is 5.01 Å². The average Bonchev–Trinajstić information content (AvgIpc) is 2.80. The average molecular weight is 325 g/mol. The van der Waals surface area contributed by atoms with E-state index >= 15 is 0 Å². The van der Waals surface area contributed by atoms with Gasteiger partial charge in [-0.15, -0.1) is 0 Å². The Hall–Kier alpha value is -2.39. The van der Waals surface area contributed by atoms with Crippen LogP contribution in [0.25, 0.3) is 6.08 Å². The molecule has 0 unspecified atom stereocenters. The molecule has 0 atom stereocenters. The summed E-state index contributed by atoms with van der Waals surface area (Å²) in [5.41, 5.74) is 5.16. The zero-order valence-electron chi connectivity index (χ0n) is 13.3. The van der Waals surface area contributed by atoms with Gasteiger partial charge in [-0.1, -0.05) is 35.9 Å². The Bertz CT molecular complexity index is 852. The zero-order valence-corrected chi connectivity index (χ0v) is 14.1. The van der Waals surface area contributed by atoms with Crippen molar-refractivity contribution in [3.63, 3.8) is 0 Å². The van der Waals surface area contributed by atoms with E-state index in [4.69, 9.17) is 11.6 Å². The van der Waals surface area contributed by atoms with Crippen LogP contribution in [-0.4, -0.2) is 11.6 Å². The third-order valence-corrected chi connectivity index (χ3v) is 4.35. The summed E-state index contributed by atoms with van der Waals surface area (Å²) in [7, 11) is 0. The summed E-state index contributed by atoms with van der Waals surface area (Å²) in [5, 5.41) is 6.47. The van der Waals surface area contributed by atoms with Gasteiger partial charge in [-0.25, -0.2) is 0 Å². The van der Waals surface area contributed by atoms with Gasteiger partial charge in [-0.2, -0.15) is 10.1 Å². The Morgan fingerprint density at radius 2 is 1.78 bits per heavy atom. The van der Waals surface area contributed by atoms with E-state index in [1.54, 1.807) is 12.1 Å². The van der Waals surface area contributed by atoms with E-state index in [1.165, 1.54) is 10.6 Å². The molecule has 0 bridgehead atoms. The number of benzene rings is 2. The summed E-state index contributed by atoms with van der Waals surface area (Å²) in [6.45, 7) is 5.90. The number of nitrogens with zero attached hydrogens (tertiary/aromatic N) is 2. The highest BCUT2D eigenvalue weighted by molar-refractivity contribution is 6.34. The molecule has 1 amide bonds. The molecule has 0 fully saturated rings. The quantitative estimate of drug-likeness (QED) is 0.733. The summed E-state index contributed by atoms with van der Waals surface area (Å²) in [4.78, 5) is 12.7. The smallest absolute Gasteiger partial charge is 0.267 e. The number of aryl methyl sites for hydroxylation is 2. The van der Waals surface area contributed by atoms with Crippen LogP contribution in [0.5, 0.6) is 0 Å². The number of hydrogen-bond donors (Lipinski definition) is 0. The second kappa shape index (κ2) is 6.01. The standard InChI is InChI=1S/C19H17ClN2O/c1-12-8-9-16(10-13(12)2)22-19(23)17(14(3)21-22)11-15-6-4-5-7-18(15)20/h4-11H,1-3H3/b17-11+. The maximum absolute atomic E-state index is 12.7. The van der Waals surface area contributed by atoms with Crippen LogP contribution in [0.1, 0.15) is 23.6 Å². The zero-order chi connectivity index (χ0) is 16.6. The molecule has 1 aliphatic heterocycles. The number of hydrogen-bond acceptors (Lipinski definition) is 2. The number of carbonyl (C=O) groups excluding carboxylic acids is 1. The molecule has 0 N–H and O–H groups in total. The predicted molar refractivity (Wildman–Crippen MR) is 95.9 cm³/mol. The molecular formula is C19H17ClN2O. The van der Waals surface area contributed by atoms with Crippen LogP contribution in [0, 0.1) is 13.8 Å². The first kappa shape index (κ1) is 15.5. The normalized spacial score (nSPS) is 16.2. The SMILES string of the molecule is CC1=NN(c2ccc(C)c(C)c2)C(=O)/C1=C/c1ccccc1Cl. The molecule has 2 aromatic rings. The van der Waals surface area contributed by atoms with Gasteiger partial charge in [0, 0.05) is 5.02 Å². The Kier molecular flexibility index (Phi) is 4.05. The largest absolute Gasteiger partial charge is 0.280 e. The molecule has 1 heterocycles. The van der Waals surface area contributed by atoms with E-state index in [0.717, 1.165) is 16.8 Å². The Morgan fingerprint density at radius 1 is 1.04 bits per heavy atom. The van der Waals surface area contributed by atoms with Crippen molar-refractivity contribution in [1.82, 2.24) is 0 Å². The van der Waals surface area contributed by atoms with Crippen LogP contribution < -0.4 is 5.01 Å². The lowest BCUT2D eigenvalue weighted by Crippen LogP contribution is -2.21. The molecule has 23 heavy (non-hydrogen) atoms. The fourth-order valence-corrected chi connectivity index (χ4v) is 2.65. The fraction of sp³-hybridized carbons (Fsp3) is 0.158. The van der Waals surface area contributed by atoms with Crippen molar-refractivity contribution in [2.24, 2.45) is 5.10 Å². The maximum atomic E-state index is 12.7. The van der Waals surface area contributed by atoms with Gasteiger partial charge in [0.05, 0.1) is 17.0 Å². The van der Waals surface area contributed by atoms with Crippen molar-refractivity contribution in [3.8, 4) is 0 Å². The molecule has 2 aromatic carbocycles. The minimum atomic E-state index is -0.134. The van der Waals surface area contributed by atoms with E-state index in [0.29, 0.717) is 16.3 Å². The van der Waals surface area contributed by atoms with E-state index in [-0.39, 0.29) is 5.91 Å². The van der Waals surface area contributed by atoms with Crippen LogP contribution in [0.3, 0.4) is 0 Å². The monoisotopic (exact) mass is 324 g/mol. The molecule has 3 nitrogen and oxygen atoms in total.